The summed E-state index contributed by atoms with van der Waals surface area (Å²) in [5, 5.41) is 4.59. The van der Waals surface area contributed by atoms with Gasteiger partial charge in [-0.15, -0.1) is 0 Å². The standard InChI is InChI=1S/C29H33F2N3O2S/c30-25(31)16-36-29-34-26-21-13-10-19(27(26)37-29)15-18(21)9-6-17-7-11-20(12-8-17)33-28(35)23-3-1-5-24-22(23)4-2-14-32-24/h1-5,14,17-21,25H,6-13,15-16H2,(H,33,35)/t17?,18?,19-,20?,21+/m1/s1. The number of carbonyl (C=O) groups is 1. The predicted molar refractivity (Wildman–Crippen MR) is 141 cm³/mol. The van der Waals surface area contributed by atoms with Crippen molar-refractivity contribution in [3.63, 3.8) is 0 Å². The molecule has 0 aliphatic heterocycles. The lowest BCUT2D eigenvalue weighted by Crippen LogP contribution is -2.38. The zero-order valence-electron chi connectivity index (χ0n) is 20.9. The number of benzene rings is 1. The molecule has 0 saturated heterocycles. The Morgan fingerprint density at radius 3 is 2.78 bits per heavy atom. The molecule has 1 unspecified atom stereocenters. The third kappa shape index (κ3) is 5.22. The molecule has 5 nitrogen and oxygen atoms in total. The minimum atomic E-state index is -2.47. The molecule has 8 heteroatoms. The molecule has 2 saturated carbocycles. The second kappa shape index (κ2) is 10.6. The van der Waals surface area contributed by atoms with E-state index in [1.165, 1.54) is 41.9 Å². The lowest BCUT2D eigenvalue weighted by Gasteiger charge is -2.42. The van der Waals surface area contributed by atoms with Gasteiger partial charge in [-0.25, -0.2) is 13.8 Å². The number of fused-ring (bicyclic) bond motifs is 3. The molecule has 4 aliphatic carbocycles. The van der Waals surface area contributed by atoms with Crippen LogP contribution in [0.1, 0.15) is 90.6 Å². The van der Waals surface area contributed by atoms with Crippen molar-refractivity contribution in [3.05, 3.63) is 52.7 Å². The number of hydrogen-bond acceptors (Lipinski definition) is 5. The molecular weight excluding hydrogens is 492 g/mol. The van der Waals surface area contributed by atoms with Gasteiger partial charge in [0.2, 0.25) is 0 Å². The number of alkyl halides is 2. The third-order valence-electron chi connectivity index (χ3n) is 8.72. The maximum Gasteiger partial charge on any atom is 0.273 e. The number of nitrogens with zero attached hydrogens (tertiary/aromatic N) is 2. The summed E-state index contributed by atoms with van der Waals surface area (Å²) in [5.41, 5.74) is 2.68. The van der Waals surface area contributed by atoms with Gasteiger partial charge < -0.3 is 10.1 Å². The summed E-state index contributed by atoms with van der Waals surface area (Å²) in [4.78, 5) is 23.3. The average Bonchev–Trinajstić information content (AvgIpc) is 3.38. The Kier molecular flexibility index (Phi) is 7.10. The Morgan fingerprint density at radius 2 is 1.95 bits per heavy atom. The summed E-state index contributed by atoms with van der Waals surface area (Å²) in [6, 6.07) is 9.77. The van der Waals surface area contributed by atoms with E-state index < -0.39 is 13.0 Å². The molecule has 0 radical (unpaired) electrons. The number of hydrogen-bond donors (Lipinski definition) is 1. The molecule has 2 fully saturated rings. The normalized spacial score (nSPS) is 26.8. The van der Waals surface area contributed by atoms with Crippen molar-refractivity contribution in [1.29, 1.82) is 0 Å². The van der Waals surface area contributed by atoms with Gasteiger partial charge in [0.05, 0.1) is 11.2 Å². The van der Waals surface area contributed by atoms with Gasteiger partial charge in [-0.2, -0.15) is 0 Å². The van der Waals surface area contributed by atoms with E-state index in [1.54, 1.807) is 6.20 Å². The van der Waals surface area contributed by atoms with Crippen LogP contribution in [0.5, 0.6) is 5.19 Å². The van der Waals surface area contributed by atoms with E-state index in [2.05, 4.69) is 15.3 Å². The number of carbonyl (C=O) groups excluding carboxylic acids is 1. The van der Waals surface area contributed by atoms with E-state index in [1.807, 2.05) is 30.3 Å². The zero-order chi connectivity index (χ0) is 25.4. The topological polar surface area (TPSA) is 64.1 Å². The summed E-state index contributed by atoms with van der Waals surface area (Å²) in [6.07, 6.45) is 9.59. The van der Waals surface area contributed by atoms with Crippen molar-refractivity contribution in [3.8, 4) is 5.19 Å². The highest BCUT2D eigenvalue weighted by atomic mass is 32.1. The van der Waals surface area contributed by atoms with Crippen LogP contribution >= 0.6 is 11.3 Å². The number of amides is 1. The second-order valence-electron chi connectivity index (χ2n) is 11.0. The van der Waals surface area contributed by atoms with Crippen LogP contribution in [-0.2, 0) is 0 Å². The van der Waals surface area contributed by atoms with Gasteiger partial charge in [0.15, 0.2) is 6.61 Å². The number of aromatic nitrogens is 2. The summed E-state index contributed by atoms with van der Waals surface area (Å²) in [7, 11) is 0. The monoisotopic (exact) mass is 525 g/mol. The van der Waals surface area contributed by atoms with Crippen LogP contribution in [0.15, 0.2) is 36.5 Å². The van der Waals surface area contributed by atoms with E-state index in [9.17, 15) is 13.6 Å². The van der Waals surface area contributed by atoms with E-state index in [0.717, 1.165) is 48.7 Å². The SMILES string of the molecule is O=C(NC1CCC(CCC2C[C@H]3CC[C@@H]2c2nc(OCC(F)F)sc23)CC1)c1cccc2ncccc12. The molecule has 37 heavy (non-hydrogen) atoms. The van der Waals surface area contributed by atoms with Gasteiger partial charge in [-0.05, 0) is 87.3 Å². The Labute approximate surface area is 220 Å². The molecular formula is C29H33F2N3O2S. The highest BCUT2D eigenvalue weighted by molar-refractivity contribution is 7.13. The van der Waals surface area contributed by atoms with Crippen molar-refractivity contribution in [1.82, 2.24) is 15.3 Å². The fourth-order valence-corrected chi connectivity index (χ4v) is 8.01. The van der Waals surface area contributed by atoms with Crippen LogP contribution in [0.25, 0.3) is 10.9 Å². The van der Waals surface area contributed by atoms with Gasteiger partial charge in [-0.3, -0.25) is 9.78 Å². The van der Waals surface area contributed by atoms with Crippen molar-refractivity contribution in [2.24, 2.45) is 11.8 Å². The molecule has 3 atom stereocenters. The zero-order valence-corrected chi connectivity index (χ0v) is 21.7. The van der Waals surface area contributed by atoms with Gasteiger partial charge >= 0.3 is 0 Å². The molecule has 7 rings (SSSR count). The molecule has 2 heterocycles. The Balaban J connectivity index is 0.997. The van der Waals surface area contributed by atoms with Gasteiger partial charge in [-0.1, -0.05) is 29.9 Å². The number of pyridine rings is 1. The minimum Gasteiger partial charge on any atom is -0.464 e. The Morgan fingerprint density at radius 1 is 1.08 bits per heavy atom. The Hall–Kier alpha value is -2.61. The highest BCUT2D eigenvalue weighted by Gasteiger charge is 2.42. The number of nitrogens with one attached hydrogen (secondary N) is 1. The minimum absolute atomic E-state index is 0.00348. The number of halogens is 2. The lowest BCUT2D eigenvalue weighted by molar-refractivity contribution is 0.0815. The van der Waals surface area contributed by atoms with E-state index in [-0.39, 0.29) is 11.9 Å². The van der Waals surface area contributed by atoms with Crippen LogP contribution in [-0.4, -0.2) is 34.9 Å². The van der Waals surface area contributed by atoms with Crippen molar-refractivity contribution in [2.45, 2.75) is 82.1 Å². The number of thiazole rings is 1. The fourth-order valence-electron chi connectivity index (χ4n) is 6.87. The van der Waals surface area contributed by atoms with E-state index >= 15 is 0 Å². The molecule has 0 spiro atoms. The van der Waals surface area contributed by atoms with Crippen molar-refractivity contribution < 1.29 is 18.3 Å². The first-order valence-electron chi connectivity index (χ1n) is 13.6. The average molecular weight is 526 g/mol. The summed E-state index contributed by atoms with van der Waals surface area (Å²) >= 11 is 1.49. The molecule has 1 N–H and O–H groups in total. The number of rotatable bonds is 8. The smallest absolute Gasteiger partial charge is 0.273 e. The lowest BCUT2D eigenvalue weighted by atomic mass is 9.64. The van der Waals surface area contributed by atoms with Gasteiger partial charge in [0.25, 0.3) is 17.5 Å². The van der Waals surface area contributed by atoms with Crippen LogP contribution in [0.3, 0.4) is 0 Å². The fraction of sp³-hybridized carbons (Fsp3) is 0.552. The third-order valence-corrected chi connectivity index (χ3v) is 9.86. The van der Waals surface area contributed by atoms with E-state index in [4.69, 9.17) is 4.74 Å². The van der Waals surface area contributed by atoms with E-state index in [0.29, 0.717) is 34.4 Å². The largest absolute Gasteiger partial charge is 0.464 e. The molecule has 3 aromatic rings. The van der Waals surface area contributed by atoms with Crippen molar-refractivity contribution in [2.75, 3.05) is 6.61 Å². The first kappa shape index (κ1) is 24.7. The maximum absolute atomic E-state index is 13.0. The summed E-state index contributed by atoms with van der Waals surface area (Å²) < 4.78 is 30.4. The predicted octanol–water partition coefficient (Wildman–Crippen LogP) is 7.09. The van der Waals surface area contributed by atoms with Crippen molar-refractivity contribution >= 4 is 28.1 Å². The molecule has 1 aromatic carbocycles. The summed E-state index contributed by atoms with van der Waals surface area (Å²) in [5.74, 6) is 2.30. The van der Waals surface area contributed by atoms with Crippen LogP contribution in [0.4, 0.5) is 8.78 Å². The van der Waals surface area contributed by atoms with Gasteiger partial charge in [0, 0.05) is 34.0 Å². The Bertz CT molecular complexity index is 1250. The molecule has 4 aliphatic rings. The first-order chi connectivity index (χ1) is 18.0. The maximum atomic E-state index is 13.0. The molecule has 1 amide bonds. The van der Waals surface area contributed by atoms with Crippen LogP contribution in [0, 0.1) is 11.8 Å². The molecule has 2 aromatic heterocycles. The van der Waals surface area contributed by atoms with Crippen LogP contribution < -0.4 is 10.1 Å². The summed E-state index contributed by atoms with van der Waals surface area (Å²) in [6.45, 7) is -0.576. The quantitative estimate of drug-likeness (QED) is 0.341. The molecule has 2 bridgehead atoms. The van der Waals surface area contributed by atoms with Gasteiger partial charge in [0.1, 0.15) is 0 Å². The number of ether oxygens (including phenoxy) is 1. The van der Waals surface area contributed by atoms with Crippen LogP contribution in [0.2, 0.25) is 0 Å². The molecule has 196 valence electrons. The second-order valence-corrected chi connectivity index (χ2v) is 11.9. The first-order valence-corrected chi connectivity index (χ1v) is 14.4. The highest BCUT2D eigenvalue weighted by Crippen LogP contribution is 2.56.